The van der Waals surface area contributed by atoms with E-state index in [0.717, 1.165) is 12.1 Å². The van der Waals surface area contributed by atoms with Crippen molar-refractivity contribution in [2.75, 3.05) is 0 Å². The van der Waals surface area contributed by atoms with Crippen LogP contribution in [0, 0.1) is 24.0 Å². The van der Waals surface area contributed by atoms with Gasteiger partial charge < -0.3 is 0 Å². The van der Waals surface area contributed by atoms with Crippen molar-refractivity contribution in [3.05, 3.63) is 29.8 Å². The third kappa shape index (κ3) is 2.78. The highest BCUT2D eigenvalue weighted by molar-refractivity contribution is 7.89. The van der Waals surface area contributed by atoms with E-state index in [-0.39, 0.29) is 0 Å². The van der Waals surface area contributed by atoms with Gasteiger partial charge in [0.2, 0.25) is 10.0 Å². The Bertz CT molecular complexity index is 534. The number of benzene rings is 1. The number of terminal acetylenes is 1. The van der Waals surface area contributed by atoms with E-state index in [4.69, 9.17) is 6.42 Å². The molecule has 0 spiro atoms. The van der Waals surface area contributed by atoms with Crippen LogP contribution < -0.4 is 4.72 Å². The van der Waals surface area contributed by atoms with Gasteiger partial charge in [-0.3, -0.25) is 0 Å². The Morgan fingerprint density at radius 1 is 1.44 bits per heavy atom. The molecule has 0 aliphatic carbocycles. The zero-order valence-corrected chi connectivity index (χ0v) is 9.18. The predicted octanol–water partition coefficient (Wildman–Crippen LogP) is 1.26. The SMILES string of the molecule is C#CC(C)NS(=O)(=O)c1ccc(F)cc1F. The molecule has 0 aliphatic rings. The van der Waals surface area contributed by atoms with Gasteiger partial charge in [0, 0.05) is 6.07 Å². The molecule has 0 saturated carbocycles. The topological polar surface area (TPSA) is 46.2 Å². The van der Waals surface area contributed by atoms with Gasteiger partial charge in [0.1, 0.15) is 16.5 Å². The van der Waals surface area contributed by atoms with Crippen LogP contribution in [0.5, 0.6) is 0 Å². The largest absolute Gasteiger partial charge is 0.244 e. The molecule has 1 aromatic rings. The first-order chi connectivity index (χ1) is 7.36. The van der Waals surface area contributed by atoms with E-state index in [1.54, 1.807) is 0 Å². The standard InChI is InChI=1S/C10H9F2NO2S/c1-3-7(2)13-16(14,15)10-5-4-8(11)6-9(10)12/h1,4-7,13H,2H3. The molecule has 0 bridgehead atoms. The molecule has 3 nitrogen and oxygen atoms in total. The Morgan fingerprint density at radius 3 is 2.56 bits per heavy atom. The lowest BCUT2D eigenvalue weighted by atomic mass is 10.3. The van der Waals surface area contributed by atoms with Gasteiger partial charge in [0.25, 0.3) is 0 Å². The van der Waals surface area contributed by atoms with Gasteiger partial charge in [-0.25, -0.2) is 17.2 Å². The van der Waals surface area contributed by atoms with Crippen LogP contribution in [-0.2, 0) is 10.0 Å². The maximum atomic E-state index is 13.2. The summed E-state index contributed by atoms with van der Waals surface area (Å²) in [5.41, 5.74) is 0. The lowest BCUT2D eigenvalue weighted by Crippen LogP contribution is -2.32. The lowest BCUT2D eigenvalue weighted by molar-refractivity contribution is 0.541. The molecule has 1 aromatic carbocycles. The summed E-state index contributed by atoms with van der Waals surface area (Å²) in [5.74, 6) is 0.133. The van der Waals surface area contributed by atoms with Crippen LogP contribution in [0.3, 0.4) is 0 Å². The van der Waals surface area contributed by atoms with Crippen molar-refractivity contribution in [2.45, 2.75) is 17.9 Å². The van der Waals surface area contributed by atoms with Gasteiger partial charge in [-0.2, -0.15) is 4.72 Å². The van der Waals surface area contributed by atoms with E-state index in [0.29, 0.717) is 6.07 Å². The van der Waals surface area contributed by atoms with Crippen molar-refractivity contribution >= 4 is 10.0 Å². The first kappa shape index (κ1) is 12.6. The first-order valence-corrected chi connectivity index (χ1v) is 5.78. The number of sulfonamides is 1. The Balaban J connectivity index is 3.14. The maximum Gasteiger partial charge on any atom is 0.244 e. The van der Waals surface area contributed by atoms with E-state index >= 15 is 0 Å². The second-order valence-electron chi connectivity index (χ2n) is 3.08. The minimum Gasteiger partial charge on any atom is -0.207 e. The summed E-state index contributed by atoms with van der Waals surface area (Å²) in [6, 6.07) is 1.43. The summed E-state index contributed by atoms with van der Waals surface area (Å²) in [4.78, 5) is -0.629. The molecule has 6 heteroatoms. The van der Waals surface area contributed by atoms with Gasteiger partial charge in [0.15, 0.2) is 0 Å². The van der Waals surface area contributed by atoms with Gasteiger partial charge in [-0.05, 0) is 19.1 Å². The molecule has 0 radical (unpaired) electrons. The minimum absolute atomic E-state index is 0.495. The predicted molar refractivity (Wildman–Crippen MR) is 55.0 cm³/mol. The summed E-state index contributed by atoms with van der Waals surface area (Å²) < 4.78 is 51.0. The average molecular weight is 245 g/mol. The second-order valence-corrected chi connectivity index (χ2v) is 4.77. The van der Waals surface area contributed by atoms with Crippen LogP contribution in [0.4, 0.5) is 8.78 Å². The molecule has 16 heavy (non-hydrogen) atoms. The number of rotatable bonds is 3. The zero-order chi connectivity index (χ0) is 12.3. The van der Waals surface area contributed by atoms with Crippen LogP contribution in [0.15, 0.2) is 23.1 Å². The zero-order valence-electron chi connectivity index (χ0n) is 8.37. The maximum absolute atomic E-state index is 13.2. The summed E-state index contributed by atoms with van der Waals surface area (Å²) in [5, 5.41) is 0. The summed E-state index contributed by atoms with van der Waals surface area (Å²) in [6.07, 6.45) is 4.99. The van der Waals surface area contributed by atoms with Crippen LogP contribution >= 0.6 is 0 Å². The van der Waals surface area contributed by atoms with Crippen LogP contribution in [0.25, 0.3) is 0 Å². The van der Waals surface area contributed by atoms with Crippen molar-refractivity contribution in [3.63, 3.8) is 0 Å². The van der Waals surface area contributed by atoms with Gasteiger partial charge in [0.05, 0.1) is 6.04 Å². The van der Waals surface area contributed by atoms with Crippen molar-refractivity contribution < 1.29 is 17.2 Å². The highest BCUT2D eigenvalue weighted by Crippen LogP contribution is 2.15. The highest BCUT2D eigenvalue weighted by atomic mass is 32.2. The molecule has 0 aliphatic heterocycles. The molecule has 0 saturated heterocycles. The summed E-state index contributed by atoms with van der Waals surface area (Å²) in [6.45, 7) is 1.43. The van der Waals surface area contributed by atoms with Crippen LogP contribution in [0.1, 0.15) is 6.92 Å². The number of halogens is 2. The van der Waals surface area contributed by atoms with Crippen LogP contribution in [0.2, 0.25) is 0 Å². The number of nitrogens with one attached hydrogen (secondary N) is 1. The monoisotopic (exact) mass is 245 g/mol. The molecule has 86 valence electrons. The molecule has 1 N–H and O–H groups in total. The fourth-order valence-electron chi connectivity index (χ4n) is 1.02. The summed E-state index contributed by atoms with van der Waals surface area (Å²) >= 11 is 0. The normalized spacial score (nSPS) is 13.1. The Morgan fingerprint density at radius 2 is 2.06 bits per heavy atom. The molecule has 0 amide bonds. The molecule has 0 heterocycles. The smallest absolute Gasteiger partial charge is 0.207 e. The van der Waals surface area contributed by atoms with E-state index < -0.39 is 32.6 Å². The number of hydrogen-bond acceptors (Lipinski definition) is 2. The molecule has 0 fully saturated rings. The average Bonchev–Trinajstić information content (AvgIpc) is 2.16. The minimum atomic E-state index is -4.05. The molecular weight excluding hydrogens is 236 g/mol. The van der Waals surface area contributed by atoms with Crippen molar-refractivity contribution in [2.24, 2.45) is 0 Å². The Labute approximate surface area is 92.5 Å². The van der Waals surface area contributed by atoms with Crippen molar-refractivity contribution in [1.82, 2.24) is 4.72 Å². The Hall–Kier alpha value is -1.45. The van der Waals surface area contributed by atoms with Crippen molar-refractivity contribution in [3.8, 4) is 12.3 Å². The summed E-state index contributed by atoms with van der Waals surface area (Å²) in [7, 11) is -4.05. The third-order valence-electron chi connectivity index (χ3n) is 1.77. The van der Waals surface area contributed by atoms with E-state index in [9.17, 15) is 17.2 Å². The van der Waals surface area contributed by atoms with Gasteiger partial charge in [-0.1, -0.05) is 5.92 Å². The fourth-order valence-corrected chi connectivity index (χ4v) is 2.25. The molecular formula is C10H9F2NO2S. The second kappa shape index (κ2) is 4.60. The molecule has 1 rings (SSSR count). The third-order valence-corrected chi connectivity index (χ3v) is 3.34. The molecule has 1 unspecified atom stereocenters. The molecule has 0 aromatic heterocycles. The number of hydrogen-bond donors (Lipinski definition) is 1. The van der Waals surface area contributed by atoms with Gasteiger partial charge in [-0.15, -0.1) is 6.42 Å². The Kier molecular flexibility index (Phi) is 3.62. The first-order valence-electron chi connectivity index (χ1n) is 4.30. The highest BCUT2D eigenvalue weighted by Gasteiger charge is 2.20. The molecule has 1 atom stereocenters. The fraction of sp³-hybridized carbons (Fsp3) is 0.200. The quantitative estimate of drug-likeness (QED) is 0.815. The van der Waals surface area contributed by atoms with Crippen molar-refractivity contribution in [1.29, 1.82) is 0 Å². The van der Waals surface area contributed by atoms with E-state index in [2.05, 4.69) is 10.6 Å². The van der Waals surface area contributed by atoms with Crippen LogP contribution in [-0.4, -0.2) is 14.5 Å². The lowest BCUT2D eigenvalue weighted by Gasteiger charge is -2.09. The van der Waals surface area contributed by atoms with E-state index in [1.165, 1.54) is 6.92 Å². The van der Waals surface area contributed by atoms with E-state index in [1.807, 2.05) is 0 Å². The van der Waals surface area contributed by atoms with Gasteiger partial charge >= 0.3 is 0 Å².